The van der Waals surface area contributed by atoms with Gasteiger partial charge in [0, 0.05) is 5.02 Å². The van der Waals surface area contributed by atoms with Crippen molar-refractivity contribution in [3.63, 3.8) is 0 Å². The Labute approximate surface area is 150 Å². The van der Waals surface area contributed by atoms with E-state index in [9.17, 15) is 28.2 Å². The minimum atomic E-state index is -5.16. The van der Waals surface area contributed by atoms with E-state index < -0.39 is 35.5 Å². The van der Waals surface area contributed by atoms with Gasteiger partial charge in [0.05, 0.1) is 17.7 Å². The number of aromatic hydroxyl groups is 1. The highest BCUT2D eigenvalue weighted by Crippen LogP contribution is 2.42. The molecule has 1 aliphatic rings. The van der Waals surface area contributed by atoms with Crippen LogP contribution in [0.25, 0.3) is 0 Å². The maximum Gasteiger partial charge on any atom is 0.438 e. The van der Waals surface area contributed by atoms with Crippen molar-refractivity contribution < 1.29 is 28.2 Å². The number of carbonyl (C=O) groups is 1. The molecule has 2 aromatic rings. The topological polar surface area (TPSA) is 73.1 Å². The van der Waals surface area contributed by atoms with Crippen LogP contribution < -0.4 is 0 Å². The normalized spacial score (nSPS) is 20.2. The summed E-state index contributed by atoms with van der Waals surface area (Å²) in [6.45, 7) is 0. The monoisotopic (exact) mass is 384 g/mol. The smallest absolute Gasteiger partial charge is 0.438 e. The van der Waals surface area contributed by atoms with Gasteiger partial charge >= 0.3 is 6.18 Å². The van der Waals surface area contributed by atoms with Crippen molar-refractivity contribution in [3.05, 3.63) is 64.7 Å². The minimum Gasteiger partial charge on any atom is -0.507 e. The van der Waals surface area contributed by atoms with E-state index in [0.717, 1.165) is 12.1 Å². The number of alkyl halides is 3. The van der Waals surface area contributed by atoms with Gasteiger partial charge in [-0.2, -0.15) is 23.3 Å². The highest BCUT2D eigenvalue weighted by molar-refractivity contribution is 6.30. The van der Waals surface area contributed by atoms with Crippen molar-refractivity contribution in [2.45, 2.75) is 18.3 Å². The van der Waals surface area contributed by atoms with Crippen LogP contribution in [0.5, 0.6) is 5.75 Å². The van der Waals surface area contributed by atoms with Gasteiger partial charge in [-0.3, -0.25) is 4.79 Å². The van der Waals surface area contributed by atoms with Gasteiger partial charge in [0.1, 0.15) is 5.75 Å². The maximum absolute atomic E-state index is 13.5. The summed E-state index contributed by atoms with van der Waals surface area (Å²) in [5, 5.41) is 24.0. The number of rotatable bonds is 2. The molecular weight excluding hydrogens is 373 g/mol. The van der Waals surface area contributed by atoms with E-state index in [1.807, 2.05) is 0 Å². The van der Waals surface area contributed by atoms with Crippen molar-refractivity contribution >= 4 is 23.2 Å². The Bertz CT molecular complexity index is 884. The number of hydrazone groups is 1. The number of para-hydroxylation sites is 1. The Morgan fingerprint density at radius 2 is 1.77 bits per heavy atom. The third-order valence-corrected chi connectivity index (χ3v) is 4.20. The second-order valence-electron chi connectivity index (χ2n) is 5.68. The molecule has 0 radical (unpaired) electrons. The Hall–Kier alpha value is -2.58. The molecule has 9 heteroatoms. The molecule has 5 nitrogen and oxygen atoms in total. The molecule has 1 amide bonds. The fourth-order valence-corrected chi connectivity index (χ4v) is 2.68. The zero-order valence-electron chi connectivity index (χ0n) is 13.0. The maximum atomic E-state index is 13.5. The number of phenols is 1. The number of hydrogen-bond donors (Lipinski definition) is 2. The van der Waals surface area contributed by atoms with Crippen LogP contribution in [-0.2, 0) is 0 Å². The molecule has 26 heavy (non-hydrogen) atoms. The number of benzene rings is 2. The number of aliphatic hydroxyl groups is 1. The number of nitrogens with zero attached hydrogens (tertiary/aromatic N) is 2. The fraction of sp³-hybridized carbons (Fsp3) is 0.176. The molecule has 136 valence electrons. The van der Waals surface area contributed by atoms with Crippen molar-refractivity contribution in [1.82, 2.24) is 5.01 Å². The lowest BCUT2D eigenvalue weighted by Gasteiger charge is -2.32. The second kappa shape index (κ2) is 6.30. The lowest BCUT2D eigenvalue weighted by molar-refractivity contribution is -0.297. The average Bonchev–Trinajstić information content (AvgIpc) is 2.94. The largest absolute Gasteiger partial charge is 0.507 e. The van der Waals surface area contributed by atoms with Crippen LogP contribution in [0.4, 0.5) is 13.2 Å². The van der Waals surface area contributed by atoms with Crippen LogP contribution in [0.3, 0.4) is 0 Å². The van der Waals surface area contributed by atoms with Crippen molar-refractivity contribution in [3.8, 4) is 5.75 Å². The molecule has 0 spiro atoms. The summed E-state index contributed by atoms with van der Waals surface area (Å²) in [6, 6.07) is 10.9. The summed E-state index contributed by atoms with van der Waals surface area (Å²) in [6.07, 6.45) is -6.11. The molecule has 0 saturated heterocycles. The van der Waals surface area contributed by atoms with Crippen LogP contribution >= 0.6 is 11.6 Å². The standard InChI is InChI=1S/C17H12ClF3N2O3/c18-11-7-5-10(6-8-11)13-9-16(26,17(19,20)21)23(22-13)15(25)12-3-1-2-4-14(12)24/h1-8,24,26H,9H2/t16-/m1/s1. The Balaban J connectivity index is 2.07. The van der Waals surface area contributed by atoms with Crippen molar-refractivity contribution in [2.24, 2.45) is 5.10 Å². The first kappa shape index (κ1) is 18.2. The van der Waals surface area contributed by atoms with E-state index in [4.69, 9.17) is 11.6 Å². The Morgan fingerprint density at radius 1 is 1.15 bits per heavy atom. The molecule has 2 N–H and O–H groups in total. The zero-order valence-corrected chi connectivity index (χ0v) is 13.8. The van der Waals surface area contributed by atoms with Crippen molar-refractivity contribution in [2.75, 3.05) is 0 Å². The van der Waals surface area contributed by atoms with Crippen LogP contribution in [0.15, 0.2) is 53.6 Å². The lowest BCUT2D eigenvalue weighted by Crippen LogP contribution is -2.56. The van der Waals surface area contributed by atoms with Gasteiger partial charge in [0.25, 0.3) is 11.6 Å². The first-order chi connectivity index (χ1) is 12.1. The third kappa shape index (κ3) is 3.02. The van der Waals surface area contributed by atoms with E-state index in [-0.39, 0.29) is 16.3 Å². The van der Waals surface area contributed by atoms with Crippen LogP contribution in [-0.4, -0.2) is 38.7 Å². The fourth-order valence-electron chi connectivity index (χ4n) is 2.55. The molecule has 0 bridgehead atoms. The molecule has 1 heterocycles. The minimum absolute atomic E-state index is 0.0357. The SMILES string of the molecule is O=C(c1ccccc1O)N1N=C(c2ccc(Cl)cc2)C[C@@]1(O)C(F)(F)F. The van der Waals surface area contributed by atoms with Crippen LogP contribution in [0.2, 0.25) is 5.02 Å². The van der Waals surface area contributed by atoms with E-state index in [1.165, 1.54) is 36.4 Å². The average molecular weight is 385 g/mol. The summed E-state index contributed by atoms with van der Waals surface area (Å²) in [5.41, 5.74) is -3.78. The van der Waals surface area contributed by atoms with Crippen LogP contribution in [0, 0.1) is 0 Å². The first-order valence-corrected chi connectivity index (χ1v) is 7.76. The van der Waals surface area contributed by atoms with Gasteiger partial charge in [-0.1, -0.05) is 35.9 Å². The Kier molecular flexibility index (Phi) is 4.41. The number of phenolic OH excluding ortho intramolecular Hbond substituents is 1. The lowest BCUT2D eigenvalue weighted by atomic mass is 10.0. The van der Waals surface area contributed by atoms with Gasteiger partial charge in [-0.15, -0.1) is 0 Å². The molecule has 0 fully saturated rings. The number of hydrogen-bond acceptors (Lipinski definition) is 4. The summed E-state index contributed by atoms with van der Waals surface area (Å²) < 4.78 is 40.6. The van der Waals surface area contributed by atoms with Crippen molar-refractivity contribution in [1.29, 1.82) is 0 Å². The molecular formula is C17H12ClF3N2O3. The Morgan fingerprint density at radius 3 is 2.35 bits per heavy atom. The molecule has 0 aliphatic carbocycles. The quantitative estimate of drug-likeness (QED) is 0.831. The van der Waals surface area contributed by atoms with Gasteiger partial charge in [0.2, 0.25) is 0 Å². The highest BCUT2D eigenvalue weighted by Gasteiger charge is 2.63. The van der Waals surface area contributed by atoms with Gasteiger partial charge in [0.15, 0.2) is 0 Å². The zero-order chi connectivity index (χ0) is 19.1. The first-order valence-electron chi connectivity index (χ1n) is 7.38. The summed E-state index contributed by atoms with van der Waals surface area (Å²) in [7, 11) is 0. The molecule has 0 aromatic heterocycles. The van der Waals surface area contributed by atoms with E-state index >= 15 is 0 Å². The second-order valence-corrected chi connectivity index (χ2v) is 6.12. The molecule has 1 aliphatic heterocycles. The molecule has 0 saturated carbocycles. The predicted molar refractivity (Wildman–Crippen MR) is 87.9 cm³/mol. The molecule has 1 atom stereocenters. The van der Waals surface area contributed by atoms with Gasteiger partial charge in [-0.25, -0.2) is 0 Å². The predicted octanol–water partition coefficient (Wildman–Crippen LogP) is 3.55. The molecule has 3 rings (SSSR count). The number of halogens is 4. The van der Waals surface area contributed by atoms with Gasteiger partial charge < -0.3 is 10.2 Å². The third-order valence-electron chi connectivity index (χ3n) is 3.94. The summed E-state index contributed by atoms with van der Waals surface area (Å²) in [5.74, 6) is -1.79. The van der Waals surface area contributed by atoms with E-state index in [1.54, 1.807) is 0 Å². The molecule has 0 unspecified atom stereocenters. The van der Waals surface area contributed by atoms with E-state index in [2.05, 4.69) is 5.10 Å². The van der Waals surface area contributed by atoms with Crippen LogP contribution in [0.1, 0.15) is 22.3 Å². The van der Waals surface area contributed by atoms with E-state index in [0.29, 0.717) is 5.02 Å². The summed E-state index contributed by atoms with van der Waals surface area (Å²) >= 11 is 5.76. The summed E-state index contributed by atoms with van der Waals surface area (Å²) in [4.78, 5) is 12.5. The number of amides is 1. The molecule has 2 aromatic carbocycles. The highest BCUT2D eigenvalue weighted by atomic mass is 35.5. The number of carbonyl (C=O) groups excluding carboxylic acids is 1. The van der Waals surface area contributed by atoms with Gasteiger partial charge in [-0.05, 0) is 29.8 Å².